The van der Waals surface area contributed by atoms with Gasteiger partial charge in [-0.3, -0.25) is 0 Å². The molecule has 7 heteroatoms. The fraction of sp³-hybridized carbons (Fsp3) is 1.00. The van der Waals surface area contributed by atoms with Crippen molar-refractivity contribution in [2.75, 3.05) is 27.2 Å². The van der Waals surface area contributed by atoms with Gasteiger partial charge in [-0.25, -0.2) is 0 Å². The van der Waals surface area contributed by atoms with Gasteiger partial charge in [0.25, 0.3) is 10.2 Å². The van der Waals surface area contributed by atoms with Crippen LogP contribution in [0.5, 0.6) is 0 Å². The van der Waals surface area contributed by atoms with Gasteiger partial charge in [-0.1, -0.05) is 0 Å². The number of halogens is 1. The Hall–Kier alpha value is 0.120. The standard InChI is InChI=1S/C7H17N3O2S.ClH/c1-9(2)13(11,12)10-5-3-4-7(8)6-10;/h7H,3-6,8H2,1-2H3;1H. The van der Waals surface area contributed by atoms with Gasteiger partial charge in [-0.05, 0) is 12.8 Å². The Morgan fingerprint density at radius 1 is 1.43 bits per heavy atom. The third-order valence-electron chi connectivity index (χ3n) is 2.21. The van der Waals surface area contributed by atoms with Crippen LogP contribution in [0.25, 0.3) is 0 Å². The van der Waals surface area contributed by atoms with E-state index in [1.54, 1.807) is 0 Å². The van der Waals surface area contributed by atoms with Crippen molar-refractivity contribution < 1.29 is 8.42 Å². The number of rotatable bonds is 2. The number of hydrogen-bond donors (Lipinski definition) is 1. The first kappa shape index (κ1) is 14.1. The van der Waals surface area contributed by atoms with Crippen molar-refractivity contribution in [3.8, 4) is 0 Å². The summed E-state index contributed by atoms with van der Waals surface area (Å²) in [6.45, 7) is 1.04. The Balaban J connectivity index is 0.00000169. The van der Waals surface area contributed by atoms with Gasteiger partial charge < -0.3 is 5.73 Å². The topological polar surface area (TPSA) is 66.6 Å². The van der Waals surface area contributed by atoms with Crippen LogP contribution in [0.2, 0.25) is 0 Å². The molecule has 1 atom stereocenters. The van der Waals surface area contributed by atoms with Crippen LogP contribution in [0, 0.1) is 0 Å². The monoisotopic (exact) mass is 243 g/mol. The lowest BCUT2D eigenvalue weighted by molar-refractivity contribution is 0.299. The molecule has 86 valence electrons. The SMILES string of the molecule is CN(C)S(=O)(=O)N1CCCC(N)C1.Cl. The van der Waals surface area contributed by atoms with E-state index in [4.69, 9.17) is 5.73 Å². The minimum Gasteiger partial charge on any atom is -0.327 e. The van der Waals surface area contributed by atoms with Crippen molar-refractivity contribution >= 4 is 22.6 Å². The Morgan fingerprint density at radius 2 is 2.00 bits per heavy atom. The Morgan fingerprint density at radius 3 is 2.43 bits per heavy atom. The lowest BCUT2D eigenvalue weighted by Gasteiger charge is -2.31. The van der Waals surface area contributed by atoms with Crippen LogP contribution in [0.3, 0.4) is 0 Å². The molecule has 0 saturated carbocycles. The average Bonchev–Trinajstić information content (AvgIpc) is 2.04. The molecule has 1 fully saturated rings. The van der Waals surface area contributed by atoms with Crippen LogP contribution in [-0.4, -0.2) is 50.3 Å². The molecule has 5 nitrogen and oxygen atoms in total. The second-order valence-electron chi connectivity index (χ2n) is 3.55. The van der Waals surface area contributed by atoms with Crippen LogP contribution in [-0.2, 0) is 10.2 Å². The third kappa shape index (κ3) is 3.06. The normalized spacial score (nSPS) is 24.7. The summed E-state index contributed by atoms with van der Waals surface area (Å²) < 4.78 is 25.9. The molecule has 0 aromatic rings. The number of hydrogen-bond acceptors (Lipinski definition) is 3. The molecule has 1 aliphatic heterocycles. The summed E-state index contributed by atoms with van der Waals surface area (Å²) in [6, 6.07) is -0.0107. The Labute approximate surface area is 91.8 Å². The number of piperidine rings is 1. The van der Waals surface area contributed by atoms with Crippen LogP contribution in [0.1, 0.15) is 12.8 Å². The minimum absolute atomic E-state index is 0. The van der Waals surface area contributed by atoms with Crippen molar-refractivity contribution in [1.29, 1.82) is 0 Å². The van der Waals surface area contributed by atoms with E-state index in [0.717, 1.165) is 12.8 Å². The molecule has 0 aliphatic carbocycles. The van der Waals surface area contributed by atoms with Crippen LogP contribution < -0.4 is 5.73 Å². The second kappa shape index (κ2) is 5.27. The summed E-state index contributed by atoms with van der Waals surface area (Å²) >= 11 is 0. The van der Waals surface area contributed by atoms with Gasteiger partial charge in [0.05, 0.1) is 0 Å². The molecule has 0 bridgehead atoms. The van der Waals surface area contributed by atoms with Gasteiger partial charge in [0, 0.05) is 33.2 Å². The molecule has 2 N–H and O–H groups in total. The molecule has 0 spiro atoms. The smallest absolute Gasteiger partial charge is 0.281 e. The number of nitrogens with zero attached hydrogens (tertiary/aromatic N) is 2. The molecule has 1 rings (SSSR count). The summed E-state index contributed by atoms with van der Waals surface area (Å²) in [5, 5.41) is 0. The predicted octanol–water partition coefficient (Wildman–Crippen LogP) is -0.362. The van der Waals surface area contributed by atoms with E-state index in [0.29, 0.717) is 13.1 Å². The third-order valence-corrected chi connectivity index (χ3v) is 4.12. The summed E-state index contributed by atoms with van der Waals surface area (Å²) in [5.74, 6) is 0. The maximum atomic E-state index is 11.6. The minimum atomic E-state index is -3.25. The lowest BCUT2D eigenvalue weighted by Crippen LogP contribution is -2.49. The predicted molar refractivity (Wildman–Crippen MR) is 58.6 cm³/mol. The van der Waals surface area contributed by atoms with Gasteiger partial charge in [0.2, 0.25) is 0 Å². The highest BCUT2D eigenvalue weighted by Crippen LogP contribution is 2.13. The molecule has 0 amide bonds. The fourth-order valence-corrected chi connectivity index (χ4v) is 2.62. The molecule has 1 unspecified atom stereocenters. The first-order valence-corrected chi connectivity index (χ1v) is 5.77. The highest BCUT2D eigenvalue weighted by atomic mass is 35.5. The van der Waals surface area contributed by atoms with Crippen LogP contribution >= 0.6 is 12.4 Å². The first-order chi connectivity index (χ1) is 5.94. The Bertz CT molecular complexity index is 268. The highest BCUT2D eigenvalue weighted by Gasteiger charge is 2.28. The van der Waals surface area contributed by atoms with E-state index in [1.807, 2.05) is 0 Å². The maximum Gasteiger partial charge on any atom is 0.281 e. The average molecular weight is 244 g/mol. The highest BCUT2D eigenvalue weighted by molar-refractivity contribution is 7.86. The molecule has 1 saturated heterocycles. The van der Waals surface area contributed by atoms with E-state index >= 15 is 0 Å². The molecule has 1 heterocycles. The van der Waals surface area contributed by atoms with Crippen LogP contribution in [0.4, 0.5) is 0 Å². The largest absolute Gasteiger partial charge is 0.327 e. The van der Waals surface area contributed by atoms with E-state index < -0.39 is 10.2 Å². The van der Waals surface area contributed by atoms with Crippen LogP contribution in [0.15, 0.2) is 0 Å². The summed E-state index contributed by atoms with van der Waals surface area (Å²) in [5.41, 5.74) is 5.70. The van der Waals surface area contributed by atoms with Crippen molar-refractivity contribution in [3.05, 3.63) is 0 Å². The van der Waals surface area contributed by atoms with E-state index in [-0.39, 0.29) is 18.4 Å². The van der Waals surface area contributed by atoms with E-state index in [2.05, 4.69) is 0 Å². The molecule has 1 aliphatic rings. The zero-order valence-electron chi connectivity index (χ0n) is 8.51. The summed E-state index contributed by atoms with van der Waals surface area (Å²) in [4.78, 5) is 0. The zero-order chi connectivity index (χ0) is 10.1. The zero-order valence-corrected chi connectivity index (χ0v) is 10.1. The summed E-state index contributed by atoms with van der Waals surface area (Å²) in [7, 11) is -0.172. The molecular weight excluding hydrogens is 226 g/mol. The Kier molecular flexibility index (Phi) is 5.32. The second-order valence-corrected chi connectivity index (χ2v) is 5.69. The lowest BCUT2D eigenvalue weighted by atomic mass is 10.1. The molecule has 14 heavy (non-hydrogen) atoms. The van der Waals surface area contributed by atoms with Crippen molar-refractivity contribution in [2.24, 2.45) is 5.73 Å². The van der Waals surface area contributed by atoms with Crippen molar-refractivity contribution in [2.45, 2.75) is 18.9 Å². The molecule has 0 aromatic heterocycles. The van der Waals surface area contributed by atoms with Gasteiger partial charge in [0.15, 0.2) is 0 Å². The van der Waals surface area contributed by atoms with Gasteiger partial charge in [-0.2, -0.15) is 17.0 Å². The molecular formula is C7H18ClN3O2S. The van der Waals surface area contributed by atoms with Crippen molar-refractivity contribution in [3.63, 3.8) is 0 Å². The van der Waals surface area contributed by atoms with Crippen molar-refractivity contribution in [1.82, 2.24) is 8.61 Å². The molecule has 0 aromatic carbocycles. The van der Waals surface area contributed by atoms with E-state index in [9.17, 15) is 8.42 Å². The number of nitrogens with two attached hydrogens (primary N) is 1. The fourth-order valence-electron chi connectivity index (χ4n) is 1.41. The molecule has 0 radical (unpaired) electrons. The van der Waals surface area contributed by atoms with E-state index in [1.165, 1.54) is 22.7 Å². The van der Waals surface area contributed by atoms with Gasteiger partial charge in [0.1, 0.15) is 0 Å². The first-order valence-electron chi connectivity index (χ1n) is 4.38. The maximum absolute atomic E-state index is 11.6. The van der Waals surface area contributed by atoms with Gasteiger partial charge >= 0.3 is 0 Å². The van der Waals surface area contributed by atoms with Gasteiger partial charge in [-0.15, -0.1) is 12.4 Å². The summed E-state index contributed by atoms with van der Waals surface area (Å²) in [6.07, 6.45) is 1.77. The quantitative estimate of drug-likeness (QED) is 0.720.